The minimum atomic E-state index is -0.449. The molecule has 3 aromatic rings. The second-order valence-corrected chi connectivity index (χ2v) is 7.50. The molecular formula is C21H25FN6O. The van der Waals surface area contributed by atoms with Crippen molar-refractivity contribution in [3.8, 4) is 28.1 Å². The molecular weight excluding hydrogens is 371 g/mol. The van der Waals surface area contributed by atoms with Crippen LogP contribution in [0.1, 0.15) is 32.1 Å². The zero-order valence-corrected chi connectivity index (χ0v) is 16.2. The van der Waals surface area contributed by atoms with E-state index in [-0.39, 0.29) is 11.3 Å². The molecule has 1 aliphatic heterocycles. The molecule has 0 amide bonds. The quantitative estimate of drug-likeness (QED) is 0.626. The summed E-state index contributed by atoms with van der Waals surface area (Å²) in [7, 11) is 0. The lowest BCUT2D eigenvalue weighted by Crippen LogP contribution is -2.27. The largest absolute Gasteiger partial charge is 0.507 e. The third-order valence-corrected chi connectivity index (χ3v) is 5.40. The summed E-state index contributed by atoms with van der Waals surface area (Å²) < 4.78 is 14.4. The first-order chi connectivity index (χ1) is 14.1. The van der Waals surface area contributed by atoms with Crippen LogP contribution < -0.4 is 10.6 Å². The third kappa shape index (κ3) is 4.37. The first-order valence-corrected chi connectivity index (χ1v) is 9.98. The molecule has 5 rings (SSSR count). The molecule has 7 nitrogen and oxygen atoms in total. The van der Waals surface area contributed by atoms with Gasteiger partial charge in [0, 0.05) is 42.0 Å². The molecule has 1 aliphatic carbocycles. The summed E-state index contributed by atoms with van der Waals surface area (Å²) in [5.74, 6) is 0.316. The molecule has 152 valence electrons. The normalized spacial score (nSPS) is 16.3. The summed E-state index contributed by atoms with van der Waals surface area (Å²) in [5, 5.41) is 25.1. The lowest BCUT2D eigenvalue weighted by atomic mass is 9.95. The fourth-order valence-electron chi connectivity index (χ4n) is 3.41. The average Bonchev–Trinajstić information content (AvgIpc) is 3.43. The smallest absolute Gasteiger partial charge is 0.151 e. The van der Waals surface area contributed by atoms with Crippen molar-refractivity contribution in [3.05, 3.63) is 42.5 Å². The van der Waals surface area contributed by atoms with Gasteiger partial charge < -0.3 is 15.7 Å². The van der Waals surface area contributed by atoms with Crippen molar-refractivity contribution in [1.82, 2.24) is 20.4 Å². The SMILES string of the molecule is NC1CCC1.Oc1cc(-c2cn[nH]c2)c(F)cc1-c1ccc(N2CCCC2)nn1. The number of aromatic hydroxyl groups is 1. The molecule has 1 saturated heterocycles. The Hall–Kier alpha value is -3.00. The molecule has 1 saturated carbocycles. The van der Waals surface area contributed by atoms with Crippen LogP contribution in [0, 0.1) is 5.82 Å². The fraction of sp³-hybridized carbons (Fsp3) is 0.381. The Morgan fingerprint density at radius 3 is 2.38 bits per heavy atom. The molecule has 4 N–H and O–H groups in total. The molecule has 2 aliphatic rings. The van der Waals surface area contributed by atoms with Gasteiger partial charge in [0.15, 0.2) is 5.82 Å². The predicted molar refractivity (Wildman–Crippen MR) is 110 cm³/mol. The first-order valence-electron chi connectivity index (χ1n) is 9.98. The number of nitrogens with two attached hydrogens (primary N) is 1. The minimum Gasteiger partial charge on any atom is -0.507 e. The third-order valence-electron chi connectivity index (χ3n) is 5.40. The fourth-order valence-corrected chi connectivity index (χ4v) is 3.41. The van der Waals surface area contributed by atoms with Gasteiger partial charge in [0.25, 0.3) is 0 Å². The van der Waals surface area contributed by atoms with E-state index in [1.165, 1.54) is 37.6 Å². The van der Waals surface area contributed by atoms with E-state index in [9.17, 15) is 9.50 Å². The average molecular weight is 396 g/mol. The number of nitrogens with zero attached hydrogens (tertiary/aromatic N) is 4. The van der Waals surface area contributed by atoms with Crippen molar-refractivity contribution in [1.29, 1.82) is 0 Å². The summed E-state index contributed by atoms with van der Waals surface area (Å²) in [6, 6.07) is 6.83. The Bertz CT molecular complexity index is 935. The van der Waals surface area contributed by atoms with Gasteiger partial charge in [-0.05, 0) is 49.9 Å². The summed E-state index contributed by atoms with van der Waals surface area (Å²) >= 11 is 0. The topological polar surface area (TPSA) is 104 Å². The molecule has 1 aromatic carbocycles. The summed E-state index contributed by atoms with van der Waals surface area (Å²) in [4.78, 5) is 2.17. The molecule has 0 atom stereocenters. The Morgan fingerprint density at radius 1 is 1.07 bits per heavy atom. The van der Waals surface area contributed by atoms with Crippen LogP contribution in [-0.4, -0.2) is 44.6 Å². The van der Waals surface area contributed by atoms with E-state index in [1.54, 1.807) is 12.3 Å². The Labute approximate surface area is 168 Å². The lowest BCUT2D eigenvalue weighted by molar-refractivity contribution is 0.418. The van der Waals surface area contributed by atoms with Crippen molar-refractivity contribution in [3.63, 3.8) is 0 Å². The summed E-state index contributed by atoms with van der Waals surface area (Å²) in [6.45, 7) is 1.96. The molecule has 2 fully saturated rings. The van der Waals surface area contributed by atoms with Crippen LogP contribution in [0.5, 0.6) is 5.75 Å². The summed E-state index contributed by atoms with van der Waals surface area (Å²) in [5.41, 5.74) is 6.99. The highest BCUT2D eigenvalue weighted by Crippen LogP contribution is 2.34. The van der Waals surface area contributed by atoms with Gasteiger partial charge in [-0.15, -0.1) is 10.2 Å². The maximum Gasteiger partial charge on any atom is 0.151 e. The molecule has 3 heterocycles. The molecule has 0 radical (unpaired) electrons. The number of nitrogens with one attached hydrogen (secondary N) is 1. The van der Waals surface area contributed by atoms with Gasteiger partial charge in [-0.2, -0.15) is 5.10 Å². The van der Waals surface area contributed by atoms with E-state index in [4.69, 9.17) is 5.73 Å². The van der Waals surface area contributed by atoms with Gasteiger partial charge in [-0.3, -0.25) is 5.10 Å². The van der Waals surface area contributed by atoms with Crippen molar-refractivity contribution in [2.75, 3.05) is 18.0 Å². The molecule has 0 bridgehead atoms. The monoisotopic (exact) mass is 396 g/mol. The number of anilines is 1. The van der Waals surface area contributed by atoms with Gasteiger partial charge in [0.1, 0.15) is 11.6 Å². The standard InChI is InChI=1S/C17H16FN5O.C4H9N/c18-14-7-13(16(24)8-12(14)11-9-19-20-10-11)15-3-4-17(22-21-15)23-5-1-2-6-23;5-4-2-1-3-4/h3-4,7-10,24H,1-2,5-6H2,(H,19,20);4H,1-3,5H2. The van der Waals surface area contributed by atoms with Crippen molar-refractivity contribution in [2.24, 2.45) is 5.73 Å². The van der Waals surface area contributed by atoms with Crippen LogP contribution in [0.3, 0.4) is 0 Å². The van der Waals surface area contributed by atoms with Crippen molar-refractivity contribution >= 4 is 5.82 Å². The number of halogens is 1. The lowest BCUT2D eigenvalue weighted by Gasteiger charge is -2.18. The predicted octanol–water partition coefficient (Wildman–Crippen LogP) is 3.48. The molecule has 0 unspecified atom stereocenters. The number of phenolic OH excluding ortho intramolecular Hbond substituents is 1. The van der Waals surface area contributed by atoms with Crippen molar-refractivity contribution < 1.29 is 9.50 Å². The van der Waals surface area contributed by atoms with Crippen LogP contribution in [0.25, 0.3) is 22.4 Å². The highest BCUT2D eigenvalue weighted by Gasteiger charge is 2.17. The van der Waals surface area contributed by atoms with Crippen LogP contribution in [0.15, 0.2) is 36.7 Å². The van der Waals surface area contributed by atoms with E-state index in [0.29, 0.717) is 22.9 Å². The van der Waals surface area contributed by atoms with Gasteiger partial charge in [-0.25, -0.2) is 4.39 Å². The number of H-pyrrole nitrogens is 1. The zero-order valence-electron chi connectivity index (χ0n) is 16.2. The number of aromatic amines is 1. The van der Waals surface area contributed by atoms with Crippen LogP contribution in [-0.2, 0) is 0 Å². The highest BCUT2D eigenvalue weighted by molar-refractivity contribution is 5.74. The number of hydrogen-bond donors (Lipinski definition) is 3. The maximum absolute atomic E-state index is 14.4. The molecule has 2 aromatic heterocycles. The first kappa shape index (κ1) is 19.3. The minimum absolute atomic E-state index is 0.0455. The number of aromatic nitrogens is 4. The van der Waals surface area contributed by atoms with Crippen LogP contribution in [0.4, 0.5) is 10.2 Å². The van der Waals surface area contributed by atoms with Gasteiger partial charge in [0.05, 0.1) is 11.9 Å². The number of rotatable bonds is 3. The van der Waals surface area contributed by atoms with Crippen molar-refractivity contribution in [2.45, 2.75) is 38.1 Å². The number of benzene rings is 1. The van der Waals surface area contributed by atoms with E-state index in [0.717, 1.165) is 31.7 Å². The Morgan fingerprint density at radius 2 is 1.83 bits per heavy atom. The zero-order chi connectivity index (χ0) is 20.2. The Kier molecular flexibility index (Phi) is 5.71. The molecule has 8 heteroatoms. The van der Waals surface area contributed by atoms with Gasteiger partial charge >= 0.3 is 0 Å². The van der Waals surface area contributed by atoms with E-state index in [1.807, 2.05) is 6.07 Å². The number of phenols is 1. The van der Waals surface area contributed by atoms with Gasteiger partial charge in [-0.1, -0.05) is 6.42 Å². The van der Waals surface area contributed by atoms with E-state index >= 15 is 0 Å². The molecule has 29 heavy (non-hydrogen) atoms. The number of hydrogen-bond acceptors (Lipinski definition) is 6. The molecule has 0 spiro atoms. The van der Waals surface area contributed by atoms with E-state index < -0.39 is 5.82 Å². The second kappa shape index (κ2) is 8.57. The highest BCUT2D eigenvalue weighted by atomic mass is 19.1. The maximum atomic E-state index is 14.4. The van der Waals surface area contributed by atoms with Gasteiger partial charge in [0.2, 0.25) is 0 Å². The second-order valence-electron chi connectivity index (χ2n) is 7.50. The summed E-state index contributed by atoms with van der Waals surface area (Å²) in [6.07, 6.45) is 9.28. The van der Waals surface area contributed by atoms with Crippen LogP contribution in [0.2, 0.25) is 0 Å². The van der Waals surface area contributed by atoms with E-state index in [2.05, 4.69) is 25.3 Å². The van der Waals surface area contributed by atoms with Crippen LogP contribution >= 0.6 is 0 Å². The Balaban J connectivity index is 0.000000359.